The van der Waals surface area contributed by atoms with Crippen LogP contribution in [0, 0.1) is 6.92 Å². The Morgan fingerprint density at radius 2 is 2.00 bits per heavy atom. The third-order valence-corrected chi connectivity index (χ3v) is 5.06. The van der Waals surface area contributed by atoms with Crippen molar-refractivity contribution in [2.24, 2.45) is 4.99 Å². The molecule has 1 aromatic rings. The Kier molecular flexibility index (Phi) is 7.51. The minimum atomic E-state index is -0.553. The lowest BCUT2D eigenvalue weighted by molar-refractivity contribution is 0.0511. The number of hydrogen-bond acceptors (Lipinski definition) is 5. The molecule has 2 aliphatic rings. The van der Waals surface area contributed by atoms with Gasteiger partial charge in [-0.1, -0.05) is 18.0 Å². The normalized spacial score (nSPS) is 21.2. The van der Waals surface area contributed by atoms with Crippen molar-refractivity contribution < 1.29 is 9.63 Å². The third-order valence-electron chi connectivity index (χ3n) is 5.06. The smallest absolute Gasteiger partial charge is 0.193 e. The predicted octanol–water partition coefficient (Wildman–Crippen LogP) is 1.60. The fourth-order valence-corrected chi connectivity index (χ4v) is 3.63. The maximum absolute atomic E-state index is 10.5. The van der Waals surface area contributed by atoms with Gasteiger partial charge in [0.05, 0.1) is 11.3 Å². The highest BCUT2D eigenvalue weighted by molar-refractivity contribution is 14.0. The maximum atomic E-state index is 10.5. The standard InChI is InChI=1S/C17H29N5O2.HI/c1-14-11-15(20-24-14)12-21-7-9-22(10-8-21)16(18-2)19-13-17(23)5-3-4-6-17;/h11,23H,3-10,12-13H2,1-2H3,(H,18,19);1H. The van der Waals surface area contributed by atoms with Crippen LogP contribution in [0.25, 0.3) is 0 Å². The fraction of sp³-hybridized carbons (Fsp3) is 0.765. The van der Waals surface area contributed by atoms with Gasteiger partial charge in [0.25, 0.3) is 0 Å². The molecule has 2 heterocycles. The van der Waals surface area contributed by atoms with Crippen molar-refractivity contribution in [3.63, 3.8) is 0 Å². The second kappa shape index (κ2) is 9.18. The molecule has 0 bridgehead atoms. The van der Waals surface area contributed by atoms with Crippen LogP contribution in [-0.2, 0) is 6.54 Å². The molecule has 0 unspecified atom stereocenters. The number of aliphatic imine (C=N–C) groups is 1. The molecule has 0 atom stereocenters. The number of nitrogens with zero attached hydrogens (tertiary/aromatic N) is 4. The van der Waals surface area contributed by atoms with Gasteiger partial charge in [-0.2, -0.15) is 0 Å². The molecule has 1 saturated carbocycles. The number of aryl methyl sites for hydroxylation is 1. The highest BCUT2D eigenvalue weighted by atomic mass is 127. The minimum absolute atomic E-state index is 0. The van der Waals surface area contributed by atoms with Gasteiger partial charge in [0.15, 0.2) is 5.96 Å². The van der Waals surface area contributed by atoms with E-state index in [2.05, 4.69) is 25.3 Å². The van der Waals surface area contributed by atoms with Gasteiger partial charge in [-0.05, 0) is 19.8 Å². The van der Waals surface area contributed by atoms with Crippen molar-refractivity contribution in [2.75, 3.05) is 39.8 Å². The van der Waals surface area contributed by atoms with E-state index in [1.54, 1.807) is 0 Å². The van der Waals surface area contributed by atoms with Gasteiger partial charge in [-0.15, -0.1) is 24.0 Å². The molecule has 0 amide bonds. The molecule has 0 radical (unpaired) electrons. The molecular formula is C17H30IN5O2. The van der Waals surface area contributed by atoms with Gasteiger partial charge in [0.2, 0.25) is 0 Å². The Bertz CT molecular complexity index is 563. The van der Waals surface area contributed by atoms with Gasteiger partial charge in [-0.25, -0.2) is 0 Å². The monoisotopic (exact) mass is 463 g/mol. The van der Waals surface area contributed by atoms with Crippen LogP contribution in [0.15, 0.2) is 15.6 Å². The van der Waals surface area contributed by atoms with Gasteiger partial charge in [0, 0.05) is 52.4 Å². The van der Waals surface area contributed by atoms with E-state index in [0.29, 0.717) is 6.54 Å². The first-order valence-electron chi connectivity index (χ1n) is 8.90. The molecule has 2 fully saturated rings. The van der Waals surface area contributed by atoms with Gasteiger partial charge >= 0.3 is 0 Å². The van der Waals surface area contributed by atoms with Crippen LogP contribution >= 0.6 is 24.0 Å². The zero-order chi connectivity index (χ0) is 17.0. The number of aromatic nitrogens is 1. The van der Waals surface area contributed by atoms with Gasteiger partial charge in [-0.3, -0.25) is 9.89 Å². The molecule has 25 heavy (non-hydrogen) atoms. The zero-order valence-electron chi connectivity index (χ0n) is 15.2. The van der Waals surface area contributed by atoms with E-state index < -0.39 is 5.60 Å². The average Bonchev–Trinajstić information content (AvgIpc) is 3.18. The van der Waals surface area contributed by atoms with Crippen LogP contribution in [0.2, 0.25) is 0 Å². The number of rotatable bonds is 4. The molecule has 3 rings (SSSR count). The lowest BCUT2D eigenvalue weighted by atomic mass is 10.0. The number of hydrogen-bond donors (Lipinski definition) is 2. The zero-order valence-corrected chi connectivity index (χ0v) is 17.5. The number of guanidine groups is 1. The topological polar surface area (TPSA) is 77.1 Å². The second-order valence-corrected chi connectivity index (χ2v) is 7.02. The summed E-state index contributed by atoms with van der Waals surface area (Å²) in [6.07, 6.45) is 4.03. The van der Waals surface area contributed by atoms with Crippen molar-refractivity contribution >= 4 is 29.9 Å². The van der Waals surface area contributed by atoms with Crippen molar-refractivity contribution in [1.82, 2.24) is 20.3 Å². The predicted molar refractivity (Wildman–Crippen MR) is 108 cm³/mol. The van der Waals surface area contributed by atoms with E-state index in [9.17, 15) is 5.11 Å². The third kappa shape index (κ3) is 5.55. The summed E-state index contributed by atoms with van der Waals surface area (Å²) >= 11 is 0. The highest BCUT2D eigenvalue weighted by Gasteiger charge is 2.31. The first-order chi connectivity index (χ1) is 11.6. The molecule has 0 spiro atoms. The SMILES string of the molecule is CN=C(NCC1(O)CCCC1)N1CCN(Cc2cc(C)on2)CC1.I. The molecule has 2 N–H and O–H groups in total. The van der Waals surface area contributed by atoms with E-state index >= 15 is 0 Å². The van der Waals surface area contributed by atoms with Gasteiger partial charge in [0.1, 0.15) is 5.76 Å². The van der Waals surface area contributed by atoms with Crippen LogP contribution in [-0.4, -0.2) is 71.4 Å². The summed E-state index contributed by atoms with van der Waals surface area (Å²) in [4.78, 5) is 9.04. The van der Waals surface area contributed by atoms with E-state index in [-0.39, 0.29) is 24.0 Å². The summed E-state index contributed by atoms with van der Waals surface area (Å²) in [6, 6.07) is 2.00. The van der Waals surface area contributed by atoms with Crippen molar-refractivity contribution in [2.45, 2.75) is 44.8 Å². The van der Waals surface area contributed by atoms with Crippen LogP contribution in [0.4, 0.5) is 0 Å². The summed E-state index contributed by atoms with van der Waals surface area (Å²) in [5, 5.41) is 17.9. The molecule has 8 heteroatoms. The number of nitrogens with one attached hydrogen (secondary N) is 1. The van der Waals surface area contributed by atoms with Crippen molar-refractivity contribution in [3.8, 4) is 0 Å². The Morgan fingerprint density at radius 1 is 1.32 bits per heavy atom. The summed E-state index contributed by atoms with van der Waals surface area (Å²) in [5.41, 5.74) is 0.440. The minimum Gasteiger partial charge on any atom is -0.388 e. The van der Waals surface area contributed by atoms with Crippen LogP contribution in [0.5, 0.6) is 0 Å². The maximum Gasteiger partial charge on any atom is 0.193 e. The molecule has 1 aliphatic heterocycles. The lowest BCUT2D eigenvalue weighted by Crippen LogP contribution is -2.54. The molecule has 1 aliphatic carbocycles. The molecule has 142 valence electrons. The number of aliphatic hydroxyl groups is 1. The van der Waals surface area contributed by atoms with Gasteiger partial charge < -0.3 is 19.8 Å². The molecule has 0 aromatic carbocycles. The van der Waals surface area contributed by atoms with E-state index in [0.717, 1.165) is 75.8 Å². The molecule has 7 nitrogen and oxygen atoms in total. The Balaban J connectivity index is 0.00000225. The molecule has 1 aromatic heterocycles. The quantitative estimate of drug-likeness (QED) is 0.402. The van der Waals surface area contributed by atoms with Crippen molar-refractivity contribution in [1.29, 1.82) is 0 Å². The number of piperazine rings is 1. The Hall–Kier alpha value is -0.870. The first-order valence-corrected chi connectivity index (χ1v) is 8.90. The highest BCUT2D eigenvalue weighted by Crippen LogP contribution is 2.28. The Labute approximate surface area is 166 Å². The summed E-state index contributed by atoms with van der Waals surface area (Å²) < 4.78 is 5.13. The van der Waals surface area contributed by atoms with Crippen LogP contribution < -0.4 is 5.32 Å². The lowest BCUT2D eigenvalue weighted by Gasteiger charge is -2.37. The largest absolute Gasteiger partial charge is 0.388 e. The van der Waals surface area contributed by atoms with E-state index in [1.165, 1.54) is 0 Å². The van der Waals surface area contributed by atoms with E-state index in [1.807, 2.05) is 20.0 Å². The fourth-order valence-electron chi connectivity index (χ4n) is 3.63. The van der Waals surface area contributed by atoms with E-state index in [4.69, 9.17) is 4.52 Å². The second-order valence-electron chi connectivity index (χ2n) is 7.02. The first kappa shape index (κ1) is 20.4. The summed E-state index contributed by atoms with van der Waals surface area (Å²) in [7, 11) is 1.81. The summed E-state index contributed by atoms with van der Waals surface area (Å²) in [6.45, 7) is 7.13. The molecular weight excluding hydrogens is 433 g/mol. The van der Waals surface area contributed by atoms with Crippen molar-refractivity contribution in [3.05, 3.63) is 17.5 Å². The van der Waals surface area contributed by atoms with Crippen LogP contribution in [0.1, 0.15) is 37.1 Å². The Morgan fingerprint density at radius 3 is 2.56 bits per heavy atom. The average molecular weight is 463 g/mol. The molecule has 1 saturated heterocycles. The summed E-state index contributed by atoms with van der Waals surface area (Å²) in [5.74, 6) is 1.75. The number of halogens is 1. The van der Waals surface area contributed by atoms with Crippen LogP contribution in [0.3, 0.4) is 0 Å².